The van der Waals surface area contributed by atoms with Crippen molar-refractivity contribution in [2.45, 2.75) is 56.8 Å². The third kappa shape index (κ3) is 2.89. The van der Waals surface area contributed by atoms with Gasteiger partial charge in [-0.15, -0.1) is 0 Å². The van der Waals surface area contributed by atoms with E-state index in [-0.39, 0.29) is 17.3 Å². The Balaban J connectivity index is 2.19. The van der Waals surface area contributed by atoms with Crippen LogP contribution in [0.4, 0.5) is 0 Å². The molecule has 1 fully saturated rings. The number of hydrogen-bond donors (Lipinski definition) is 0. The van der Waals surface area contributed by atoms with E-state index in [1.54, 1.807) is 0 Å². The summed E-state index contributed by atoms with van der Waals surface area (Å²) >= 11 is 3.50. The maximum atomic E-state index is 6.19. The molecule has 0 aromatic heterocycles. The number of rotatable bonds is 3. The summed E-state index contributed by atoms with van der Waals surface area (Å²) in [6, 6.07) is 8.15. The third-order valence-corrected chi connectivity index (χ3v) is 3.98. The third-order valence-electron chi connectivity index (χ3n) is 3.38. The number of para-hydroxylation sites is 1. The second-order valence-electron chi connectivity index (χ2n) is 6.02. The van der Waals surface area contributed by atoms with Gasteiger partial charge >= 0.3 is 0 Å². The zero-order valence-electron chi connectivity index (χ0n) is 11.5. The van der Waals surface area contributed by atoms with Crippen molar-refractivity contribution in [3.05, 3.63) is 29.8 Å². The Kier molecular flexibility index (Phi) is 3.75. The maximum absolute atomic E-state index is 6.19. The summed E-state index contributed by atoms with van der Waals surface area (Å²) < 4.78 is 12.3. The Morgan fingerprint density at radius 3 is 2.50 bits per heavy atom. The van der Waals surface area contributed by atoms with Crippen LogP contribution in [0.25, 0.3) is 0 Å². The van der Waals surface area contributed by atoms with E-state index in [1.807, 2.05) is 18.2 Å². The molecule has 2 rings (SSSR count). The molecule has 1 aromatic rings. The van der Waals surface area contributed by atoms with Gasteiger partial charge in [-0.3, -0.25) is 0 Å². The lowest BCUT2D eigenvalue weighted by Gasteiger charge is -2.28. The standard InChI is InChI=1S/C15H21BrO2/c1-14(2)9-13(15(3,4)18-14)17-12-8-6-5-7-11(12)10-16/h5-8,13H,9-10H2,1-4H3. The van der Waals surface area contributed by atoms with E-state index in [2.05, 4.69) is 49.7 Å². The van der Waals surface area contributed by atoms with E-state index >= 15 is 0 Å². The van der Waals surface area contributed by atoms with Gasteiger partial charge in [0, 0.05) is 17.3 Å². The first-order chi connectivity index (χ1) is 8.34. The Labute approximate surface area is 118 Å². The lowest BCUT2D eigenvalue weighted by Crippen LogP contribution is -2.36. The first-order valence-electron chi connectivity index (χ1n) is 6.35. The molecule has 1 aliphatic rings. The molecule has 1 heterocycles. The largest absolute Gasteiger partial charge is 0.487 e. The highest BCUT2D eigenvalue weighted by Crippen LogP contribution is 2.40. The SMILES string of the molecule is CC1(C)CC(Oc2ccccc2CBr)C(C)(C)O1. The molecular formula is C15H21BrO2. The molecule has 0 N–H and O–H groups in total. The molecule has 0 amide bonds. The van der Waals surface area contributed by atoms with E-state index in [0.29, 0.717) is 0 Å². The van der Waals surface area contributed by atoms with Gasteiger partial charge in [0.2, 0.25) is 0 Å². The van der Waals surface area contributed by atoms with Crippen LogP contribution in [0.2, 0.25) is 0 Å². The van der Waals surface area contributed by atoms with Crippen molar-refractivity contribution in [2.24, 2.45) is 0 Å². The fourth-order valence-electron chi connectivity index (χ4n) is 2.58. The van der Waals surface area contributed by atoms with Crippen LogP contribution in [0.3, 0.4) is 0 Å². The smallest absolute Gasteiger partial charge is 0.130 e. The highest BCUT2D eigenvalue weighted by Gasteiger charge is 2.47. The van der Waals surface area contributed by atoms with Gasteiger partial charge in [0.15, 0.2) is 0 Å². The van der Waals surface area contributed by atoms with Crippen molar-refractivity contribution in [1.29, 1.82) is 0 Å². The van der Waals surface area contributed by atoms with Gasteiger partial charge < -0.3 is 9.47 Å². The number of alkyl halides is 1. The predicted octanol–water partition coefficient (Wildman–Crippen LogP) is 4.31. The van der Waals surface area contributed by atoms with Crippen molar-refractivity contribution in [3.63, 3.8) is 0 Å². The Morgan fingerprint density at radius 2 is 1.94 bits per heavy atom. The molecular weight excluding hydrogens is 292 g/mol. The van der Waals surface area contributed by atoms with Gasteiger partial charge in [-0.1, -0.05) is 34.1 Å². The number of ether oxygens (including phenoxy) is 2. The Hall–Kier alpha value is -0.540. The van der Waals surface area contributed by atoms with E-state index < -0.39 is 0 Å². The summed E-state index contributed by atoms with van der Waals surface area (Å²) in [5.74, 6) is 0.953. The van der Waals surface area contributed by atoms with Crippen LogP contribution in [-0.2, 0) is 10.1 Å². The van der Waals surface area contributed by atoms with Gasteiger partial charge in [-0.05, 0) is 33.8 Å². The quantitative estimate of drug-likeness (QED) is 0.774. The average molecular weight is 313 g/mol. The van der Waals surface area contributed by atoms with Crippen LogP contribution in [0.15, 0.2) is 24.3 Å². The average Bonchev–Trinajstić information content (AvgIpc) is 2.47. The Bertz CT molecular complexity index is 426. The molecule has 1 unspecified atom stereocenters. The van der Waals surface area contributed by atoms with Crippen molar-refractivity contribution >= 4 is 15.9 Å². The maximum Gasteiger partial charge on any atom is 0.130 e. The van der Waals surface area contributed by atoms with E-state index in [1.165, 1.54) is 5.56 Å². The summed E-state index contributed by atoms with van der Waals surface area (Å²) in [5.41, 5.74) is 0.818. The minimum atomic E-state index is -0.247. The van der Waals surface area contributed by atoms with Crippen LogP contribution in [0.1, 0.15) is 39.7 Å². The lowest BCUT2D eigenvalue weighted by molar-refractivity contribution is -0.0846. The second-order valence-corrected chi connectivity index (χ2v) is 6.58. The molecule has 1 aromatic carbocycles. The topological polar surface area (TPSA) is 18.5 Å². The van der Waals surface area contributed by atoms with Gasteiger partial charge in [0.1, 0.15) is 17.5 Å². The molecule has 1 saturated heterocycles. The molecule has 0 radical (unpaired) electrons. The van der Waals surface area contributed by atoms with E-state index in [9.17, 15) is 0 Å². The molecule has 100 valence electrons. The molecule has 0 bridgehead atoms. The van der Waals surface area contributed by atoms with Gasteiger partial charge in [0.05, 0.1) is 5.60 Å². The molecule has 0 spiro atoms. The monoisotopic (exact) mass is 312 g/mol. The predicted molar refractivity (Wildman–Crippen MR) is 77.3 cm³/mol. The molecule has 1 aliphatic heterocycles. The number of halogens is 1. The van der Waals surface area contributed by atoms with Crippen molar-refractivity contribution in [2.75, 3.05) is 0 Å². The minimum Gasteiger partial charge on any atom is -0.487 e. The molecule has 3 heteroatoms. The van der Waals surface area contributed by atoms with Crippen molar-refractivity contribution in [3.8, 4) is 5.75 Å². The summed E-state index contributed by atoms with van der Waals surface area (Å²) in [7, 11) is 0. The van der Waals surface area contributed by atoms with Crippen molar-refractivity contribution in [1.82, 2.24) is 0 Å². The van der Waals surface area contributed by atoms with Crippen LogP contribution < -0.4 is 4.74 Å². The van der Waals surface area contributed by atoms with Gasteiger partial charge in [-0.2, -0.15) is 0 Å². The molecule has 18 heavy (non-hydrogen) atoms. The zero-order chi connectivity index (χ0) is 13.4. The van der Waals surface area contributed by atoms with E-state index in [0.717, 1.165) is 17.5 Å². The second kappa shape index (κ2) is 4.86. The first kappa shape index (κ1) is 13.9. The van der Waals surface area contributed by atoms with Crippen LogP contribution >= 0.6 is 15.9 Å². The lowest BCUT2D eigenvalue weighted by atomic mass is 9.97. The molecule has 1 atom stereocenters. The molecule has 0 aliphatic carbocycles. The van der Waals surface area contributed by atoms with Crippen LogP contribution in [0.5, 0.6) is 5.75 Å². The van der Waals surface area contributed by atoms with Crippen LogP contribution in [0, 0.1) is 0 Å². The highest BCUT2D eigenvalue weighted by molar-refractivity contribution is 9.08. The Morgan fingerprint density at radius 1 is 1.28 bits per heavy atom. The number of benzene rings is 1. The summed E-state index contributed by atoms with van der Waals surface area (Å²) in [6.07, 6.45) is 1.00. The summed E-state index contributed by atoms with van der Waals surface area (Å²) in [4.78, 5) is 0. The van der Waals surface area contributed by atoms with Crippen LogP contribution in [-0.4, -0.2) is 17.3 Å². The van der Waals surface area contributed by atoms with Gasteiger partial charge in [0.25, 0.3) is 0 Å². The van der Waals surface area contributed by atoms with Crippen molar-refractivity contribution < 1.29 is 9.47 Å². The van der Waals surface area contributed by atoms with E-state index in [4.69, 9.17) is 9.47 Å². The fraction of sp³-hybridized carbons (Fsp3) is 0.600. The minimum absolute atomic E-state index is 0.0905. The fourth-order valence-corrected chi connectivity index (χ4v) is 3.04. The summed E-state index contributed by atoms with van der Waals surface area (Å²) in [6.45, 7) is 8.44. The highest BCUT2D eigenvalue weighted by atomic mass is 79.9. The normalized spacial score (nSPS) is 25.1. The number of hydrogen-bond acceptors (Lipinski definition) is 2. The zero-order valence-corrected chi connectivity index (χ0v) is 13.1. The first-order valence-corrected chi connectivity index (χ1v) is 7.47. The molecule has 0 saturated carbocycles. The summed E-state index contributed by atoms with van der Waals surface area (Å²) in [5, 5.41) is 0.806. The molecule has 2 nitrogen and oxygen atoms in total. The van der Waals surface area contributed by atoms with Gasteiger partial charge in [-0.25, -0.2) is 0 Å².